The van der Waals surface area contributed by atoms with E-state index in [4.69, 9.17) is 16.3 Å². The molecule has 0 saturated heterocycles. The zero-order valence-corrected chi connectivity index (χ0v) is 23.2. The summed E-state index contributed by atoms with van der Waals surface area (Å²) in [4.78, 5) is 19.2. The van der Waals surface area contributed by atoms with Gasteiger partial charge in [0.1, 0.15) is 10.6 Å². The summed E-state index contributed by atoms with van der Waals surface area (Å²) in [6.45, 7) is 0.477. The number of amides is 1. The van der Waals surface area contributed by atoms with Gasteiger partial charge in [-0.2, -0.15) is 0 Å². The molecule has 0 atom stereocenters. The minimum atomic E-state index is 0.00618. The van der Waals surface area contributed by atoms with Gasteiger partial charge in [-0.25, -0.2) is 0 Å². The molecule has 0 N–H and O–H groups in total. The van der Waals surface area contributed by atoms with E-state index in [0.29, 0.717) is 22.5 Å². The highest BCUT2D eigenvalue weighted by molar-refractivity contribution is 7.21. The predicted octanol–water partition coefficient (Wildman–Crippen LogP) is 7.75. The lowest BCUT2D eigenvalue weighted by Gasteiger charge is -2.39. The van der Waals surface area contributed by atoms with Crippen molar-refractivity contribution in [3.05, 3.63) is 88.3 Å². The molecule has 192 valence electrons. The quantitative estimate of drug-likeness (QED) is 0.244. The maximum Gasteiger partial charge on any atom is 0.266 e. The van der Waals surface area contributed by atoms with E-state index in [9.17, 15) is 4.79 Å². The topological polar surface area (TPSA) is 32.8 Å². The van der Waals surface area contributed by atoms with Crippen molar-refractivity contribution in [2.45, 2.75) is 44.3 Å². The number of benzene rings is 3. The molecule has 1 aromatic heterocycles. The van der Waals surface area contributed by atoms with E-state index in [1.165, 1.54) is 11.3 Å². The molecule has 4 nitrogen and oxygen atoms in total. The van der Waals surface area contributed by atoms with Gasteiger partial charge in [0.2, 0.25) is 0 Å². The Morgan fingerprint density at radius 1 is 0.919 bits per heavy atom. The van der Waals surface area contributed by atoms with Crippen molar-refractivity contribution < 1.29 is 9.53 Å². The molecule has 5 rings (SSSR count). The van der Waals surface area contributed by atoms with Crippen LogP contribution in [0.15, 0.2) is 72.8 Å². The SMILES string of the molecule is COc1ccc(-c2ccccc2)cc1CN(C(=O)c1sc2ccccc2c1Cl)C1CCC(N(C)C)CC1. The molecule has 1 saturated carbocycles. The molecule has 0 aliphatic heterocycles. The highest BCUT2D eigenvalue weighted by Crippen LogP contribution is 2.38. The second kappa shape index (κ2) is 11.3. The summed E-state index contributed by atoms with van der Waals surface area (Å²) in [6, 6.07) is 25.2. The van der Waals surface area contributed by atoms with Crippen LogP contribution in [-0.2, 0) is 6.54 Å². The third kappa shape index (κ3) is 5.40. The monoisotopic (exact) mass is 532 g/mol. The second-order valence-corrected chi connectivity index (χ2v) is 11.4. The van der Waals surface area contributed by atoms with Gasteiger partial charge in [0.05, 0.1) is 12.1 Å². The van der Waals surface area contributed by atoms with E-state index < -0.39 is 0 Å². The number of thiophene rings is 1. The van der Waals surface area contributed by atoms with Gasteiger partial charge in [0, 0.05) is 34.3 Å². The van der Waals surface area contributed by atoms with Gasteiger partial charge in [-0.15, -0.1) is 11.3 Å². The number of rotatable bonds is 7. The Labute approximate surface area is 228 Å². The second-order valence-electron chi connectivity index (χ2n) is 9.99. The Balaban J connectivity index is 1.52. The first kappa shape index (κ1) is 25.8. The summed E-state index contributed by atoms with van der Waals surface area (Å²) in [5.41, 5.74) is 3.26. The zero-order chi connectivity index (χ0) is 25.9. The van der Waals surface area contributed by atoms with Crippen molar-refractivity contribution in [2.24, 2.45) is 0 Å². The third-order valence-electron chi connectivity index (χ3n) is 7.56. The van der Waals surface area contributed by atoms with Crippen LogP contribution in [0.25, 0.3) is 21.2 Å². The van der Waals surface area contributed by atoms with Crippen LogP contribution in [0.1, 0.15) is 40.9 Å². The summed E-state index contributed by atoms with van der Waals surface area (Å²) in [7, 11) is 5.98. The van der Waals surface area contributed by atoms with E-state index in [2.05, 4.69) is 48.2 Å². The van der Waals surface area contributed by atoms with Gasteiger partial charge in [0.15, 0.2) is 0 Å². The average Bonchev–Trinajstić information content (AvgIpc) is 3.28. The van der Waals surface area contributed by atoms with Crippen LogP contribution in [0.4, 0.5) is 0 Å². The Bertz CT molecular complexity index is 1380. The molecule has 1 aliphatic carbocycles. The number of hydrogen-bond donors (Lipinski definition) is 0. The van der Waals surface area contributed by atoms with Crippen LogP contribution in [0.2, 0.25) is 5.02 Å². The first-order valence-electron chi connectivity index (χ1n) is 12.8. The number of hydrogen-bond acceptors (Lipinski definition) is 4. The van der Waals surface area contributed by atoms with Gasteiger partial charge in [-0.3, -0.25) is 4.79 Å². The molecular formula is C31H33ClN2O2S. The Kier molecular flexibility index (Phi) is 7.84. The highest BCUT2D eigenvalue weighted by Gasteiger charge is 2.32. The van der Waals surface area contributed by atoms with E-state index in [1.54, 1.807) is 7.11 Å². The molecule has 6 heteroatoms. The van der Waals surface area contributed by atoms with Gasteiger partial charge in [0.25, 0.3) is 5.91 Å². The minimum absolute atomic E-state index is 0.00618. The van der Waals surface area contributed by atoms with Gasteiger partial charge >= 0.3 is 0 Å². The van der Waals surface area contributed by atoms with Crippen molar-refractivity contribution in [3.8, 4) is 16.9 Å². The van der Waals surface area contributed by atoms with Crippen LogP contribution >= 0.6 is 22.9 Å². The smallest absolute Gasteiger partial charge is 0.266 e. The van der Waals surface area contributed by atoms with E-state index in [-0.39, 0.29) is 11.9 Å². The fourth-order valence-electron chi connectivity index (χ4n) is 5.43. The molecular weight excluding hydrogens is 500 g/mol. The van der Waals surface area contributed by atoms with Gasteiger partial charge in [-0.05, 0) is 69.1 Å². The Hall–Kier alpha value is -2.86. The van der Waals surface area contributed by atoms with Crippen LogP contribution in [0.5, 0.6) is 5.75 Å². The zero-order valence-electron chi connectivity index (χ0n) is 21.6. The summed E-state index contributed by atoms with van der Waals surface area (Å²) >= 11 is 8.29. The molecule has 0 unspecified atom stereocenters. The van der Waals surface area contributed by atoms with E-state index in [1.807, 2.05) is 48.5 Å². The normalized spacial score (nSPS) is 17.8. The van der Waals surface area contributed by atoms with Crippen molar-refractivity contribution >= 4 is 38.9 Å². The molecule has 1 amide bonds. The lowest BCUT2D eigenvalue weighted by atomic mass is 9.89. The number of carbonyl (C=O) groups excluding carboxylic acids is 1. The number of fused-ring (bicyclic) bond motifs is 1. The summed E-state index contributed by atoms with van der Waals surface area (Å²) in [6.07, 6.45) is 4.08. The van der Waals surface area contributed by atoms with Crippen LogP contribution in [0.3, 0.4) is 0 Å². The van der Waals surface area contributed by atoms with Gasteiger partial charge in [-0.1, -0.05) is 66.2 Å². The maximum absolute atomic E-state index is 14.2. The van der Waals surface area contributed by atoms with Gasteiger partial charge < -0.3 is 14.5 Å². The number of halogens is 1. The molecule has 37 heavy (non-hydrogen) atoms. The molecule has 0 spiro atoms. The number of ether oxygens (including phenoxy) is 1. The number of methoxy groups -OCH3 is 1. The first-order chi connectivity index (χ1) is 18.0. The molecule has 4 aromatic rings. The summed E-state index contributed by atoms with van der Waals surface area (Å²) < 4.78 is 6.80. The molecule has 3 aromatic carbocycles. The van der Waals surface area contributed by atoms with Crippen molar-refractivity contribution in [2.75, 3.05) is 21.2 Å². The highest BCUT2D eigenvalue weighted by atomic mass is 35.5. The molecule has 1 aliphatic rings. The minimum Gasteiger partial charge on any atom is -0.496 e. The first-order valence-corrected chi connectivity index (χ1v) is 14.0. The lowest BCUT2D eigenvalue weighted by Crippen LogP contribution is -2.44. The predicted molar refractivity (Wildman–Crippen MR) is 155 cm³/mol. The Morgan fingerprint density at radius 3 is 2.27 bits per heavy atom. The molecule has 1 fully saturated rings. The Morgan fingerprint density at radius 2 is 1.59 bits per heavy atom. The standard InChI is InChI=1S/C31H33ClN2O2S/c1-33(2)24-14-16-25(17-15-24)34(31(35)30-29(32)26-11-7-8-12-28(26)37-30)20-23-19-22(13-18-27(23)36-3)21-9-5-4-6-10-21/h4-13,18-19,24-25H,14-17,20H2,1-3H3. The number of nitrogens with zero attached hydrogens (tertiary/aromatic N) is 2. The number of carbonyl (C=O) groups is 1. The lowest BCUT2D eigenvalue weighted by molar-refractivity contribution is 0.0573. The molecule has 1 heterocycles. The van der Waals surface area contributed by atoms with Crippen LogP contribution < -0.4 is 4.74 Å². The fourth-order valence-corrected chi connectivity index (χ4v) is 6.90. The fraction of sp³-hybridized carbons (Fsp3) is 0.323. The van der Waals surface area contributed by atoms with E-state index >= 15 is 0 Å². The average molecular weight is 533 g/mol. The van der Waals surface area contributed by atoms with E-state index in [0.717, 1.165) is 58.2 Å². The van der Waals surface area contributed by atoms with Crippen LogP contribution in [-0.4, -0.2) is 49.0 Å². The third-order valence-corrected chi connectivity index (χ3v) is 9.22. The summed E-state index contributed by atoms with van der Waals surface area (Å²) in [5.74, 6) is 0.800. The van der Waals surface area contributed by atoms with Crippen LogP contribution in [0, 0.1) is 0 Å². The largest absolute Gasteiger partial charge is 0.496 e. The molecule has 0 radical (unpaired) electrons. The van der Waals surface area contributed by atoms with Crippen molar-refractivity contribution in [1.82, 2.24) is 9.80 Å². The maximum atomic E-state index is 14.2. The summed E-state index contributed by atoms with van der Waals surface area (Å²) in [5, 5.41) is 1.50. The van der Waals surface area contributed by atoms with Crippen molar-refractivity contribution in [3.63, 3.8) is 0 Å². The molecule has 0 bridgehead atoms. The van der Waals surface area contributed by atoms with Crippen molar-refractivity contribution in [1.29, 1.82) is 0 Å².